The summed E-state index contributed by atoms with van der Waals surface area (Å²) in [6.45, 7) is 0. The second kappa shape index (κ2) is 7.62. The van der Waals surface area contributed by atoms with Gasteiger partial charge in [-0.1, -0.05) is 42.1 Å². The number of rotatable bonds is 5. The SMILES string of the molecule is N#Cc1c(NC(=O)CSc2nc(-c3ccccc3)cs2)sc2c1CCC2. The number of fused-ring (bicyclic) bond motifs is 1. The van der Waals surface area contributed by atoms with Gasteiger partial charge in [-0.2, -0.15) is 5.26 Å². The van der Waals surface area contributed by atoms with Gasteiger partial charge in [0, 0.05) is 15.8 Å². The average molecular weight is 398 g/mol. The fourth-order valence-electron chi connectivity index (χ4n) is 2.97. The molecule has 2 aromatic heterocycles. The summed E-state index contributed by atoms with van der Waals surface area (Å²) in [5.41, 5.74) is 3.79. The van der Waals surface area contributed by atoms with Crippen LogP contribution >= 0.6 is 34.4 Å². The number of carbonyl (C=O) groups is 1. The van der Waals surface area contributed by atoms with E-state index in [1.807, 2.05) is 35.7 Å². The number of aryl methyl sites for hydroxylation is 1. The molecular weight excluding hydrogens is 382 g/mol. The first-order valence-electron chi connectivity index (χ1n) is 8.23. The molecule has 0 unspecified atom stereocenters. The molecule has 2 heterocycles. The zero-order valence-corrected chi connectivity index (χ0v) is 16.3. The van der Waals surface area contributed by atoms with Crippen molar-refractivity contribution in [2.45, 2.75) is 23.6 Å². The number of hydrogen-bond donors (Lipinski definition) is 1. The van der Waals surface area contributed by atoms with E-state index in [1.54, 1.807) is 22.7 Å². The van der Waals surface area contributed by atoms with Crippen LogP contribution in [0.25, 0.3) is 11.3 Å². The van der Waals surface area contributed by atoms with E-state index in [-0.39, 0.29) is 11.7 Å². The lowest BCUT2D eigenvalue weighted by molar-refractivity contribution is -0.113. The molecule has 0 saturated carbocycles. The standard InChI is InChI=1S/C19H15N3OS3/c20-9-14-13-7-4-8-16(13)26-18(14)22-17(23)11-25-19-21-15(10-24-19)12-5-2-1-3-6-12/h1-3,5-6,10H,4,7-8,11H2,(H,22,23). The molecule has 1 amide bonds. The van der Waals surface area contributed by atoms with Crippen LogP contribution in [0.2, 0.25) is 0 Å². The lowest BCUT2D eigenvalue weighted by Crippen LogP contribution is -2.13. The molecule has 4 rings (SSSR count). The number of carbonyl (C=O) groups excluding carboxylic acids is 1. The zero-order chi connectivity index (χ0) is 17.9. The minimum absolute atomic E-state index is 0.0946. The van der Waals surface area contributed by atoms with Gasteiger partial charge in [-0.3, -0.25) is 4.79 Å². The molecule has 4 nitrogen and oxygen atoms in total. The van der Waals surface area contributed by atoms with Crippen molar-refractivity contribution in [3.05, 3.63) is 51.7 Å². The molecule has 0 bridgehead atoms. The van der Waals surface area contributed by atoms with Gasteiger partial charge in [0.25, 0.3) is 0 Å². The fourth-order valence-corrected chi connectivity index (χ4v) is 5.86. The molecule has 0 radical (unpaired) electrons. The van der Waals surface area contributed by atoms with Crippen molar-refractivity contribution in [3.8, 4) is 17.3 Å². The smallest absolute Gasteiger partial charge is 0.235 e. The summed E-state index contributed by atoms with van der Waals surface area (Å²) < 4.78 is 0.869. The Balaban J connectivity index is 1.38. The van der Waals surface area contributed by atoms with Crippen LogP contribution in [-0.2, 0) is 17.6 Å². The summed E-state index contributed by atoms with van der Waals surface area (Å²) >= 11 is 4.51. The summed E-state index contributed by atoms with van der Waals surface area (Å²) in [6, 6.07) is 12.3. The van der Waals surface area contributed by atoms with E-state index < -0.39 is 0 Å². The minimum Gasteiger partial charge on any atom is -0.316 e. The first kappa shape index (κ1) is 17.3. The number of anilines is 1. The number of nitrogens with one attached hydrogen (secondary N) is 1. The topological polar surface area (TPSA) is 65.8 Å². The van der Waals surface area contributed by atoms with E-state index >= 15 is 0 Å². The molecule has 3 aromatic rings. The van der Waals surface area contributed by atoms with Gasteiger partial charge in [0.05, 0.1) is 17.0 Å². The Morgan fingerprint density at radius 1 is 1.31 bits per heavy atom. The lowest BCUT2D eigenvalue weighted by atomic mass is 10.1. The Hall–Kier alpha value is -2.14. The van der Waals surface area contributed by atoms with E-state index in [4.69, 9.17) is 0 Å². The van der Waals surface area contributed by atoms with E-state index in [2.05, 4.69) is 16.4 Å². The largest absolute Gasteiger partial charge is 0.316 e. The third kappa shape index (κ3) is 3.54. The molecule has 1 aliphatic rings. The summed E-state index contributed by atoms with van der Waals surface area (Å²) in [6.07, 6.45) is 3.06. The van der Waals surface area contributed by atoms with Gasteiger partial charge in [-0.15, -0.1) is 22.7 Å². The molecule has 26 heavy (non-hydrogen) atoms. The molecule has 0 saturated heterocycles. The van der Waals surface area contributed by atoms with Crippen LogP contribution < -0.4 is 5.32 Å². The molecule has 0 atom stereocenters. The van der Waals surface area contributed by atoms with Gasteiger partial charge < -0.3 is 5.32 Å². The lowest BCUT2D eigenvalue weighted by Gasteiger charge is -2.03. The Bertz CT molecular complexity index is 985. The third-order valence-corrected chi connectivity index (χ3v) is 7.39. The summed E-state index contributed by atoms with van der Waals surface area (Å²) in [5, 5.41) is 15.0. The van der Waals surface area contributed by atoms with Crippen molar-refractivity contribution in [1.29, 1.82) is 5.26 Å². The van der Waals surface area contributed by atoms with Crippen LogP contribution in [0.1, 0.15) is 22.4 Å². The van der Waals surface area contributed by atoms with Crippen LogP contribution in [0.5, 0.6) is 0 Å². The highest BCUT2D eigenvalue weighted by atomic mass is 32.2. The number of nitriles is 1. The highest BCUT2D eigenvalue weighted by molar-refractivity contribution is 8.01. The zero-order valence-electron chi connectivity index (χ0n) is 13.8. The monoisotopic (exact) mass is 397 g/mol. The van der Waals surface area contributed by atoms with Crippen LogP contribution in [0.3, 0.4) is 0 Å². The summed E-state index contributed by atoms with van der Waals surface area (Å²) in [7, 11) is 0. The summed E-state index contributed by atoms with van der Waals surface area (Å²) in [5.74, 6) is 0.192. The number of hydrogen-bond acceptors (Lipinski definition) is 6. The Kier molecular flexibility index (Phi) is 5.07. The molecule has 1 N–H and O–H groups in total. The molecule has 1 aliphatic carbocycles. The van der Waals surface area contributed by atoms with Crippen molar-refractivity contribution in [3.63, 3.8) is 0 Å². The minimum atomic E-state index is -0.0946. The van der Waals surface area contributed by atoms with Crippen molar-refractivity contribution in [2.24, 2.45) is 0 Å². The van der Waals surface area contributed by atoms with Gasteiger partial charge in [0.15, 0.2) is 4.34 Å². The number of thiazole rings is 1. The van der Waals surface area contributed by atoms with E-state index in [0.717, 1.165) is 40.4 Å². The average Bonchev–Trinajstić information content (AvgIpc) is 3.36. The van der Waals surface area contributed by atoms with Gasteiger partial charge in [0.2, 0.25) is 5.91 Å². The predicted molar refractivity (Wildman–Crippen MR) is 108 cm³/mol. The fraction of sp³-hybridized carbons (Fsp3) is 0.211. The van der Waals surface area contributed by atoms with Crippen LogP contribution in [-0.4, -0.2) is 16.6 Å². The molecule has 0 fully saturated rings. The second-order valence-corrected chi connectivity index (χ2v) is 9.06. The number of thioether (sulfide) groups is 1. The predicted octanol–water partition coefficient (Wildman–Crippen LogP) is 4.96. The molecule has 7 heteroatoms. The van der Waals surface area contributed by atoms with Crippen LogP contribution in [0.4, 0.5) is 5.00 Å². The molecule has 1 aromatic carbocycles. The van der Waals surface area contributed by atoms with Gasteiger partial charge in [-0.05, 0) is 24.8 Å². The van der Waals surface area contributed by atoms with E-state index in [0.29, 0.717) is 10.6 Å². The highest BCUT2D eigenvalue weighted by Crippen LogP contribution is 2.38. The van der Waals surface area contributed by atoms with Crippen molar-refractivity contribution in [1.82, 2.24) is 4.98 Å². The summed E-state index contributed by atoms with van der Waals surface area (Å²) in [4.78, 5) is 18.1. The van der Waals surface area contributed by atoms with Crippen LogP contribution in [0, 0.1) is 11.3 Å². The Morgan fingerprint density at radius 2 is 2.15 bits per heavy atom. The Labute approximate surface area is 163 Å². The maximum Gasteiger partial charge on any atom is 0.235 e. The maximum atomic E-state index is 12.3. The van der Waals surface area contributed by atoms with E-state index in [9.17, 15) is 10.1 Å². The molecule has 130 valence electrons. The molecule has 0 aliphatic heterocycles. The normalized spacial score (nSPS) is 12.6. The highest BCUT2D eigenvalue weighted by Gasteiger charge is 2.23. The van der Waals surface area contributed by atoms with Crippen molar-refractivity contribution in [2.75, 3.05) is 11.1 Å². The number of nitrogens with zero attached hydrogens (tertiary/aromatic N) is 2. The number of amides is 1. The van der Waals surface area contributed by atoms with Crippen molar-refractivity contribution < 1.29 is 4.79 Å². The Morgan fingerprint density at radius 3 is 2.96 bits per heavy atom. The second-order valence-electron chi connectivity index (χ2n) is 5.87. The first-order valence-corrected chi connectivity index (χ1v) is 10.9. The number of thiophene rings is 1. The molecular formula is C19H15N3OS3. The van der Waals surface area contributed by atoms with Gasteiger partial charge in [0.1, 0.15) is 11.1 Å². The van der Waals surface area contributed by atoms with Crippen molar-refractivity contribution >= 4 is 45.3 Å². The van der Waals surface area contributed by atoms with Crippen LogP contribution in [0.15, 0.2) is 40.1 Å². The quantitative estimate of drug-likeness (QED) is 0.618. The third-order valence-electron chi connectivity index (χ3n) is 4.17. The number of aromatic nitrogens is 1. The molecule has 0 spiro atoms. The first-order chi connectivity index (χ1) is 12.7. The van der Waals surface area contributed by atoms with Gasteiger partial charge >= 0.3 is 0 Å². The van der Waals surface area contributed by atoms with Gasteiger partial charge in [-0.25, -0.2) is 4.98 Å². The number of benzene rings is 1. The van der Waals surface area contributed by atoms with E-state index in [1.165, 1.54) is 16.6 Å². The maximum absolute atomic E-state index is 12.3.